The summed E-state index contributed by atoms with van der Waals surface area (Å²) in [5.41, 5.74) is 2.00. The van der Waals surface area contributed by atoms with Gasteiger partial charge in [-0.3, -0.25) is 19.7 Å². The van der Waals surface area contributed by atoms with Crippen LogP contribution >= 0.6 is 11.8 Å². The average molecular weight is 479 g/mol. The first-order valence-corrected chi connectivity index (χ1v) is 11.7. The van der Waals surface area contributed by atoms with E-state index in [4.69, 9.17) is 0 Å². The molecule has 1 aliphatic carbocycles. The number of thioether (sulfide) groups is 1. The number of anilines is 1. The lowest BCUT2D eigenvalue weighted by Crippen LogP contribution is -2.33. The molecule has 1 unspecified atom stereocenters. The van der Waals surface area contributed by atoms with E-state index in [0.717, 1.165) is 5.56 Å². The van der Waals surface area contributed by atoms with Crippen molar-refractivity contribution in [3.05, 3.63) is 103 Å². The number of halogens is 1. The van der Waals surface area contributed by atoms with Crippen LogP contribution in [0.3, 0.4) is 0 Å². The van der Waals surface area contributed by atoms with Gasteiger partial charge in [0, 0.05) is 41.1 Å². The molecule has 172 valence electrons. The summed E-state index contributed by atoms with van der Waals surface area (Å²) in [6, 6.07) is 12.3. The Bertz CT molecular complexity index is 1400. The molecule has 0 saturated carbocycles. The highest BCUT2D eigenvalue weighted by Gasteiger charge is 2.38. The van der Waals surface area contributed by atoms with E-state index in [1.54, 1.807) is 30.3 Å². The van der Waals surface area contributed by atoms with Crippen LogP contribution in [0.15, 0.2) is 69.8 Å². The molecular weight excluding hydrogens is 459 g/mol. The Morgan fingerprint density at radius 3 is 2.62 bits per heavy atom. The van der Waals surface area contributed by atoms with Crippen molar-refractivity contribution in [3.8, 4) is 0 Å². The number of non-ortho nitro benzene ring substituents is 1. The number of carbonyl (C=O) groups is 1. The van der Waals surface area contributed by atoms with Gasteiger partial charge < -0.3 is 10.3 Å². The first-order valence-electron chi connectivity index (χ1n) is 10.7. The number of Topliss-reactive ketones (excluding diaryl/α,β-unsaturated/α-hetero) is 1. The predicted octanol–water partition coefficient (Wildman–Crippen LogP) is 4.67. The summed E-state index contributed by atoms with van der Waals surface area (Å²) in [4.78, 5) is 43.8. The van der Waals surface area contributed by atoms with Crippen LogP contribution in [0.1, 0.15) is 41.9 Å². The van der Waals surface area contributed by atoms with Crippen LogP contribution in [-0.4, -0.2) is 20.7 Å². The first kappa shape index (κ1) is 22.0. The highest BCUT2D eigenvalue weighted by Crippen LogP contribution is 2.44. The van der Waals surface area contributed by atoms with Crippen molar-refractivity contribution in [1.82, 2.24) is 9.97 Å². The minimum absolute atomic E-state index is 0.00329. The summed E-state index contributed by atoms with van der Waals surface area (Å²) in [6.07, 6.45) is 1.65. The number of hydrogen-bond acceptors (Lipinski definition) is 7. The number of carbonyl (C=O) groups excluding carboxylic acids is 1. The summed E-state index contributed by atoms with van der Waals surface area (Å²) in [5.74, 6) is -0.657. The van der Waals surface area contributed by atoms with Crippen LogP contribution in [0.4, 0.5) is 15.9 Å². The van der Waals surface area contributed by atoms with Crippen LogP contribution in [0.25, 0.3) is 0 Å². The zero-order chi connectivity index (χ0) is 23.8. The SMILES string of the molecule is O=C1CCCC2=C1C(c1ccccc1F)c1c(nc(SCc3ccc([N+](=O)[O-])cc3)[nH]c1=O)N2. The zero-order valence-corrected chi connectivity index (χ0v) is 18.7. The Kier molecular flexibility index (Phi) is 5.74. The second-order valence-electron chi connectivity index (χ2n) is 8.09. The third-order valence-corrected chi connectivity index (χ3v) is 6.92. The van der Waals surface area contributed by atoms with Gasteiger partial charge in [0.05, 0.1) is 16.4 Å². The van der Waals surface area contributed by atoms with E-state index < -0.39 is 22.2 Å². The molecule has 0 fully saturated rings. The number of ketones is 1. The van der Waals surface area contributed by atoms with E-state index in [9.17, 15) is 24.1 Å². The van der Waals surface area contributed by atoms with Crippen LogP contribution in [0.2, 0.25) is 0 Å². The van der Waals surface area contributed by atoms with Crippen molar-refractivity contribution in [3.63, 3.8) is 0 Å². The smallest absolute Gasteiger partial charge is 0.269 e. The van der Waals surface area contributed by atoms with Gasteiger partial charge in [0.15, 0.2) is 10.9 Å². The van der Waals surface area contributed by atoms with E-state index >= 15 is 0 Å². The number of nitro benzene ring substituents is 1. The Morgan fingerprint density at radius 2 is 1.88 bits per heavy atom. The zero-order valence-electron chi connectivity index (χ0n) is 17.8. The molecule has 2 heterocycles. The van der Waals surface area contributed by atoms with Gasteiger partial charge in [-0.25, -0.2) is 9.37 Å². The molecule has 3 aromatic rings. The number of nitrogens with zero attached hydrogens (tertiary/aromatic N) is 2. The predicted molar refractivity (Wildman–Crippen MR) is 125 cm³/mol. The maximum atomic E-state index is 14.8. The van der Waals surface area contributed by atoms with Crippen molar-refractivity contribution in [2.75, 3.05) is 5.32 Å². The second-order valence-corrected chi connectivity index (χ2v) is 9.06. The fourth-order valence-corrected chi connectivity index (χ4v) is 5.21. The minimum atomic E-state index is -0.828. The molecule has 1 aromatic heterocycles. The Labute approximate surface area is 197 Å². The highest BCUT2D eigenvalue weighted by atomic mass is 32.2. The van der Waals surface area contributed by atoms with Crippen molar-refractivity contribution >= 4 is 29.1 Å². The lowest BCUT2D eigenvalue weighted by Gasteiger charge is -2.32. The van der Waals surface area contributed by atoms with Gasteiger partial charge in [-0.05, 0) is 24.5 Å². The molecule has 0 bridgehead atoms. The monoisotopic (exact) mass is 478 g/mol. The van der Waals surface area contributed by atoms with Crippen molar-refractivity contribution in [2.45, 2.75) is 36.1 Å². The molecule has 2 aromatic carbocycles. The molecule has 0 saturated heterocycles. The average Bonchev–Trinajstić information content (AvgIpc) is 2.82. The minimum Gasteiger partial charge on any atom is -0.343 e. The molecule has 1 atom stereocenters. The normalized spacial score (nSPS) is 17.1. The summed E-state index contributed by atoms with van der Waals surface area (Å²) >= 11 is 1.27. The molecule has 34 heavy (non-hydrogen) atoms. The van der Waals surface area contributed by atoms with Gasteiger partial charge in [-0.2, -0.15) is 0 Å². The van der Waals surface area contributed by atoms with E-state index in [0.29, 0.717) is 47.3 Å². The number of benzene rings is 2. The van der Waals surface area contributed by atoms with Gasteiger partial charge in [0.1, 0.15) is 11.6 Å². The number of nitrogens with one attached hydrogen (secondary N) is 2. The lowest BCUT2D eigenvalue weighted by atomic mass is 9.76. The second kappa shape index (κ2) is 8.86. The first-order chi connectivity index (χ1) is 16.4. The van der Waals surface area contributed by atoms with Crippen molar-refractivity contribution in [1.29, 1.82) is 0 Å². The van der Waals surface area contributed by atoms with Crippen LogP contribution in [0, 0.1) is 15.9 Å². The van der Waals surface area contributed by atoms with Crippen LogP contribution < -0.4 is 10.9 Å². The number of nitro groups is 1. The van der Waals surface area contributed by atoms with E-state index in [2.05, 4.69) is 15.3 Å². The quantitative estimate of drug-likeness (QED) is 0.237. The number of hydrogen-bond donors (Lipinski definition) is 2. The van der Waals surface area contributed by atoms with Crippen LogP contribution in [0.5, 0.6) is 0 Å². The van der Waals surface area contributed by atoms with Gasteiger partial charge in [-0.15, -0.1) is 0 Å². The Morgan fingerprint density at radius 1 is 1.12 bits per heavy atom. The highest BCUT2D eigenvalue weighted by molar-refractivity contribution is 7.98. The largest absolute Gasteiger partial charge is 0.343 e. The molecule has 0 spiro atoms. The third kappa shape index (κ3) is 4.01. The summed E-state index contributed by atoms with van der Waals surface area (Å²) < 4.78 is 14.8. The summed E-state index contributed by atoms with van der Waals surface area (Å²) in [7, 11) is 0. The molecule has 0 radical (unpaired) electrons. The lowest BCUT2D eigenvalue weighted by molar-refractivity contribution is -0.384. The maximum Gasteiger partial charge on any atom is 0.269 e. The molecule has 10 heteroatoms. The van der Waals surface area contributed by atoms with Crippen molar-refractivity contribution in [2.24, 2.45) is 0 Å². The molecule has 0 amide bonds. The van der Waals surface area contributed by atoms with Gasteiger partial charge in [0.25, 0.3) is 11.2 Å². The van der Waals surface area contributed by atoms with Gasteiger partial charge in [0.2, 0.25) is 0 Å². The van der Waals surface area contributed by atoms with Gasteiger partial charge >= 0.3 is 0 Å². The van der Waals surface area contributed by atoms with Crippen molar-refractivity contribution < 1.29 is 14.1 Å². The Hall–Kier alpha value is -3.79. The number of rotatable bonds is 5. The third-order valence-electron chi connectivity index (χ3n) is 5.98. The molecule has 5 rings (SSSR count). The molecule has 2 aliphatic rings. The number of fused-ring (bicyclic) bond motifs is 1. The molecule has 2 N–H and O–H groups in total. The number of H-pyrrole nitrogens is 1. The van der Waals surface area contributed by atoms with E-state index in [-0.39, 0.29) is 22.6 Å². The van der Waals surface area contributed by atoms with E-state index in [1.807, 2.05) is 0 Å². The number of allylic oxidation sites excluding steroid dienone is 2. The molecule has 1 aliphatic heterocycles. The van der Waals surface area contributed by atoms with Crippen LogP contribution in [-0.2, 0) is 10.5 Å². The standard InChI is InChI=1S/C24H19FN4O4S/c25-16-5-2-1-4-15(16)19-20-17(6-3-7-18(20)30)26-22-21(19)23(31)28-24(27-22)34-12-13-8-10-14(11-9-13)29(32)33/h1-2,4-5,8-11,19H,3,6-7,12H2,(H2,26,27,28,31). The Balaban J connectivity index is 1.51. The fraction of sp³-hybridized carbons (Fsp3) is 0.208. The molecule has 8 nitrogen and oxygen atoms in total. The summed E-state index contributed by atoms with van der Waals surface area (Å²) in [6.45, 7) is 0. The summed E-state index contributed by atoms with van der Waals surface area (Å²) in [5, 5.41) is 14.4. The fourth-order valence-electron chi connectivity index (χ4n) is 4.39. The number of aromatic nitrogens is 2. The molecular formula is C24H19FN4O4S. The number of aromatic amines is 1. The maximum absolute atomic E-state index is 14.8. The van der Waals surface area contributed by atoms with Gasteiger partial charge in [-0.1, -0.05) is 42.1 Å². The topological polar surface area (TPSA) is 118 Å². The van der Waals surface area contributed by atoms with E-state index in [1.165, 1.54) is 30.0 Å².